The minimum absolute atomic E-state index is 0.290. The number of aryl methyl sites for hydroxylation is 1. The molecule has 1 aliphatic heterocycles. The van der Waals surface area contributed by atoms with Crippen LogP contribution in [0.25, 0.3) is 10.2 Å². The minimum Gasteiger partial charge on any atom is -0.463 e. The van der Waals surface area contributed by atoms with Crippen LogP contribution in [0.3, 0.4) is 0 Å². The highest BCUT2D eigenvalue weighted by Crippen LogP contribution is 2.30. The van der Waals surface area contributed by atoms with Crippen LogP contribution in [-0.4, -0.2) is 34.4 Å². The van der Waals surface area contributed by atoms with Crippen molar-refractivity contribution >= 4 is 45.1 Å². The number of fused-ring (bicyclic) bond motifs is 1. The molecule has 0 amide bonds. The van der Waals surface area contributed by atoms with E-state index in [0.29, 0.717) is 29.5 Å². The summed E-state index contributed by atoms with van der Waals surface area (Å²) in [6.07, 6.45) is -0.405. The van der Waals surface area contributed by atoms with E-state index in [9.17, 15) is 9.59 Å². The first-order valence-electron chi connectivity index (χ1n) is 8.10. The van der Waals surface area contributed by atoms with E-state index in [1.54, 1.807) is 6.07 Å². The van der Waals surface area contributed by atoms with Crippen molar-refractivity contribution in [1.82, 2.24) is 9.78 Å². The average molecular weight is 391 g/mol. The van der Waals surface area contributed by atoms with Crippen LogP contribution in [-0.2, 0) is 20.8 Å². The molecule has 0 unspecified atom stereocenters. The van der Waals surface area contributed by atoms with Gasteiger partial charge in [-0.05, 0) is 30.7 Å². The molecule has 1 saturated heterocycles. The first-order chi connectivity index (χ1) is 12.5. The van der Waals surface area contributed by atoms with Gasteiger partial charge in [-0.25, -0.2) is 9.59 Å². The molecule has 2 aromatic heterocycles. The van der Waals surface area contributed by atoms with Crippen molar-refractivity contribution in [2.45, 2.75) is 26.0 Å². The molecule has 6 nitrogen and oxygen atoms in total. The molecule has 1 aromatic carbocycles. The molecule has 4 rings (SSSR count). The van der Waals surface area contributed by atoms with Crippen molar-refractivity contribution in [1.29, 1.82) is 0 Å². The largest absolute Gasteiger partial charge is 0.463 e. The smallest absolute Gasteiger partial charge is 0.349 e. The van der Waals surface area contributed by atoms with Gasteiger partial charge in [0.2, 0.25) is 6.10 Å². The zero-order valence-corrected chi connectivity index (χ0v) is 15.5. The summed E-state index contributed by atoms with van der Waals surface area (Å²) in [5.74, 6) is -0.989. The summed E-state index contributed by atoms with van der Waals surface area (Å²) in [5.41, 5.74) is 1.90. The van der Waals surface area contributed by atoms with Gasteiger partial charge in [0.05, 0.1) is 18.8 Å². The number of benzene rings is 1. The molecule has 0 radical (unpaired) electrons. The summed E-state index contributed by atoms with van der Waals surface area (Å²) in [4.78, 5) is 25.2. The van der Waals surface area contributed by atoms with Crippen LogP contribution >= 0.6 is 22.9 Å². The van der Waals surface area contributed by atoms with E-state index >= 15 is 0 Å². The monoisotopic (exact) mass is 390 g/mol. The van der Waals surface area contributed by atoms with Gasteiger partial charge in [-0.1, -0.05) is 23.7 Å². The molecule has 8 heteroatoms. The van der Waals surface area contributed by atoms with Gasteiger partial charge in [-0.3, -0.25) is 4.68 Å². The fourth-order valence-corrected chi connectivity index (χ4v) is 4.02. The zero-order valence-electron chi connectivity index (χ0n) is 13.9. The second-order valence-electron chi connectivity index (χ2n) is 6.05. The number of hydrogen-bond acceptors (Lipinski definition) is 6. The third kappa shape index (κ3) is 3.20. The third-order valence-corrected chi connectivity index (χ3v) is 5.57. The Bertz CT molecular complexity index is 993. The zero-order chi connectivity index (χ0) is 18.3. The molecule has 3 aromatic rings. The summed E-state index contributed by atoms with van der Waals surface area (Å²) in [6, 6.07) is 9.33. The first-order valence-corrected chi connectivity index (χ1v) is 9.30. The van der Waals surface area contributed by atoms with Crippen molar-refractivity contribution in [2.75, 3.05) is 6.61 Å². The lowest BCUT2D eigenvalue weighted by atomic mass is 10.2. The van der Waals surface area contributed by atoms with Gasteiger partial charge in [-0.2, -0.15) is 5.10 Å². The Labute approximate surface area is 158 Å². The predicted molar refractivity (Wildman–Crippen MR) is 97.7 cm³/mol. The standard InChI is InChI=1S/C18H15ClN2O4S/c1-10-13-8-15(18(23)25-14-6-7-24-17(14)22)26-16(13)21(20-10)9-11-2-4-12(19)5-3-11/h2-5,8,14H,6-7,9H2,1H3/t14-/m1/s1. The van der Waals surface area contributed by atoms with Gasteiger partial charge >= 0.3 is 11.9 Å². The predicted octanol–water partition coefficient (Wildman–Crippen LogP) is 3.58. The molecule has 0 spiro atoms. The van der Waals surface area contributed by atoms with Gasteiger partial charge in [0, 0.05) is 16.8 Å². The van der Waals surface area contributed by atoms with E-state index < -0.39 is 18.0 Å². The Balaban J connectivity index is 1.59. The number of aromatic nitrogens is 2. The van der Waals surface area contributed by atoms with Crippen LogP contribution in [0.4, 0.5) is 0 Å². The van der Waals surface area contributed by atoms with Crippen LogP contribution in [0.1, 0.15) is 27.3 Å². The minimum atomic E-state index is -0.806. The normalized spacial score (nSPS) is 16.8. The van der Waals surface area contributed by atoms with Gasteiger partial charge in [0.1, 0.15) is 9.71 Å². The van der Waals surface area contributed by atoms with E-state index in [-0.39, 0.29) is 0 Å². The molecule has 26 heavy (non-hydrogen) atoms. The van der Waals surface area contributed by atoms with Crippen LogP contribution in [0, 0.1) is 6.92 Å². The van der Waals surface area contributed by atoms with Crippen molar-refractivity contribution in [3.05, 3.63) is 51.5 Å². The molecular weight excluding hydrogens is 376 g/mol. The number of hydrogen-bond donors (Lipinski definition) is 0. The maximum Gasteiger partial charge on any atom is 0.349 e. The number of ether oxygens (including phenoxy) is 2. The fraction of sp³-hybridized carbons (Fsp3) is 0.278. The topological polar surface area (TPSA) is 70.4 Å². The molecule has 0 bridgehead atoms. The lowest BCUT2D eigenvalue weighted by molar-refractivity contribution is -0.145. The lowest BCUT2D eigenvalue weighted by Gasteiger charge is -2.06. The number of rotatable bonds is 4. The van der Waals surface area contributed by atoms with Crippen LogP contribution in [0.5, 0.6) is 0 Å². The molecule has 0 N–H and O–H groups in total. The van der Waals surface area contributed by atoms with Crippen LogP contribution in [0.15, 0.2) is 30.3 Å². The SMILES string of the molecule is Cc1nn(Cc2ccc(Cl)cc2)c2sc(C(=O)O[C@@H]3CCOC3=O)cc12. The number of carbonyl (C=O) groups excluding carboxylic acids is 2. The Kier molecular flexibility index (Phi) is 4.42. The maximum absolute atomic E-state index is 12.4. The fourth-order valence-electron chi connectivity index (χ4n) is 2.85. The summed E-state index contributed by atoms with van der Waals surface area (Å²) >= 11 is 7.24. The highest BCUT2D eigenvalue weighted by atomic mass is 35.5. The molecule has 1 aliphatic rings. The second kappa shape index (κ2) is 6.74. The van der Waals surface area contributed by atoms with E-state index in [0.717, 1.165) is 21.5 Å². The van der Waals surface area contributed by atoms with Crippen molar-refractivity contribution in [3.63, 3.8) is 0 Å². The molecule has 3 heterocycles. The van der Waals surface area contributed by atoms with E-state index in [2.05, 4.69) is 5.10 Å². The molecular formula is C18H15ClN2O4S. The molecule has 0 saturated carbocycles. The number of halogens is 1. The Morgan fingerprint density at radius 1 is 1.42 bits per heavy atom. The van der Waals surface area contributed by atoms with Gasteiger partial charge in [-0.15, -0.1) is 11.3 Å². The lowest BCUT2D eigenvalue weighted by Crippen LogP contribution is -2.22. The summed E-state index contributed by atoms with van der Waals surface area (Å²) in [5, 5.41) is 6.14. The van der Waals surface area contributed by atoms with Gasteiger partial charge in [0.25, 0.3) is 0 Å². The second-order valence-corrected chi connectivity index (χ2v) is 7.52. The number of cyclic esters (lactones) is 1. The number of carbonyl (C=O) groups is 2. The summed E-state index contributed by atoms with van der Waals surface area (Å²) < 4.78 is 12.0. The summed E-state index contributed by atoms with van der Waals surface area (Å²) in [7, 11) is 0. The highest BCUT2D eigenvalue weighted by molar-refractivity contribution is 7.20. The number of nitrogens with zero attached hydrogens (tertiary/aromatic N) is 2. The quantitative estimate of drug-likeness (QED) is 0.637. The van der Waals surface area contributed by atoms with Crippen molar-refractivity contribution < 1.29 is 19.1 Å². The third-order valence-electron chi connectivity index (χ3n) is 4.19. The molecule has 134 valence electrons. The van der Waals surface area contributed by atoms with E-state index in [1.165, 1.54) is 11.3 Å². The van der Waals surface area contributed by atoms with Crippen molar-refractivity contribution in [3.8, 4) is 0 Å². The Morgan fingerprint density at radius 2 is 2.19 bits per heavy atom. The Morgan fingerprint density at radius 3 is 2.88 bits per heavy atom. The number of esters is 2. The molecule has 1 atom stereocenters. The average Bonchev–Trinajstić information content (AvgIpc) is 3.29. The van der Waals surface area contributed by atoms with Gasteiger partial charge in [0.15, 0.2) is 0 Å². The molecule has 1 fully saturated rings. The summed E-state index contributed by atoms with van der Waals surface area (Å²) in [6.45, 7) is 2.76. The van der Waals surface area contributed by atoms with E-state index in [4.69, 9.17) is 21.1 Å². The van der Waals surface area contributed by atoms with Crippen LogP contribution in [0.2, 0.25) is 5.02 Å². The first kappa shape index (κ1) is 17.1. The molecule has 0 aliphatic carbocycles. The van der Waals surface area contributed by atoms with E-state index in [1.807, 2.05) is 35.9 Å². The van der Waals surface area contributed by atoms with Crippen molar-refractivity contribution in [2.24, 2.45) is 0 Å². The highest BCUT2D eigenvalue weighted by Gasteiger charge is 2.31. The Hall–Kier alpha value is -2.38. The number of thiophene rings is 1. The van der Waals surface area contributed by atoms with Crippen LogP contribution < -0.4 is 0 Å². The maximum atomic E-state index is 12.4. The van der Waals surface area contributed by atoms with Gasteiger partial charge < -0.3 is 9.47 Å².